The summed E-state index contributed by atoms with van der Waals surface area (Å²) in [7, 11) is 3.49. The molecule has 0 atom stereocenters. The number of ether oxygens (including phenoxy) is 1. The molecule has 0 amide bonds. The molecule has 0 spiro atoms. The number of nitrogens with zero attached hydrogens (tertiary/aromatic N) is 3. The molecule has 0 saturated heterocycles. The number of fused-ring (bicyclic) bond motifs is 1. The fourth-order valence-corrected chi connectivity index (χ4v) is 1.47. The molecule has 0 aromatic carbocycles. The first-order valence-corrected chi connectivity index (χ1v) is 4.28. The van der Waals surface area contributed by atoms with Crippen LogP contribution in [0.2, 0.25) is 0 Å². The summed E-state index contributed by atoms with van der Waals surface area (Å²) in [4.78, 5) is 4.20. The average Bonchev–Trinajstić information content (AvgIpc) is 2.44. The molecule has 2 rings (SSSR count). The van der Waals surface area contributed by atoms with Crippen molar-refractivity contribution in [2.24, 2.45) is 7.05 Å². The Morgan fingerprint density at radius 3 is 3.07 bits per heavy atom. The zero-order valence-electron chi connectivity index (χ0n) is 8.19. The number of pyridine rings is 1. The molecule has 0 bridgehead atoms. The Morgan fingerprint density at radius 1 is 1.57 bits per heavy atom. The molecule has 14 heavy (non-hydrogen) atoms. The second kappa shape index (κ2) is 3.26. The maximum Gasteiger partial charge on any atom is 0.157 e. The first-order valence-electron chi connectivity index (χ1n) is 4.28. The molecule has 0 aliphatic carbocycles. The van der Waals surface area contributed by atoms with Gasteiger partial charge in [-0.25, -0.2) is 4.98 Å². The van der Waals surface area contributed by atoms with Crippen LogP contribution >= 0.6 is 0 Å². The van der Waals surface area contributed by atoms with Crippen LogP contribution in [0.4, 0.5) is 5.69 Å². The quantitative estimate of drug-likeness (QED) is 0.760. The monoisotopic (exact) mass is 192 g/mol. The van der Waals surface area contributed by atoms with Crippen molar-refractivity contribution in [3.63, 3.8) is 0 Å². The van der Waals surface area contributed by atoms with Crippen molar-refractivity contribution >= 4 is 16.7 Å². The number of rotatable bonds is 2. The van der Waals surface area contributed by atoms with Crippen LogP contribution in [0.1, 0.15) is 5.69 Å². The molecule has 0 fully saturated rings. The maximum atomic E-state index is 5.66. The third-order valence-corrected chi connectivity index (χ3v) is 2.06. The summed E-state index contributed by atoms with van der Waals surface area (Å²) < 4.78 is 6.77. The molecule has 2 N–H and O–H groups in total. The predicted molar refractivity (Wildman–Crippen MR) is 53.6 cm³/mol. The van der Waals surface area contributed by atoms with Crippen LogP contribution in [-0.4, -0.2) is 21.9 Å². The van der Waals surface area contributed by atoms with Gasteiger partial charge in [0.15, 0.2) is 5.65 Å². The smallest absolute Gasteiger partial charge is 0.157 e. The van der Waals surface area contributed by atoms with E-state index in [-0.39, 0.29) is 0 Å². The van der Waals surface area contributed by atoms with Crippen molar-refractivity contribution in [1.82, 2.24) is 14.8 Å². The Labute approximate surface area is 81.5 Å². The lowest BCUT2D eigenvalue weighted by Gasteiger charge is -1.95. The van der Waals surface area contributed by atoms with Crippen LogP contribution in [0.15, 0.2) is 12.3 Å². The van der Waals surface area contributed by atoms with Crippen molar-refractivity contribution in [3.05, 3.63) is 18.0 Å². The molecule has 74 valence electrons. The minimum atomic E-state index is 0.475. The molecule has 0 unspecified atom stereocenters. The highest BCUT2D eigenvalue weighted by molar-refractivity contribution is 5.81. The van der Waals surface area contributed by atoms with Crippen LogP contribution in [-0.2, 0) is 18.4 Å². The second-order valence-corrected chi connectivity index (χ2v) is 3.14. The fraction of sp³-hybridized carbons (Fsp3) is 0.333. The Balaban J connectivity index is 2.66. The number of hydrogen-bond acceptors (Lipinski definition) is 4. The van der Waals surface area contributed by atoms with Crippen molar-refractivity contribution in [3.8, 4) is 0 Å². The largest absolute Gasteiger partial charge is 0.397 e. The molecule has 5 heteroatoms. The van der Waals surface area contributed by atoms with E-state index in [0.29, 0.717) is 12.3 Å². The summed E-state index contributed by atoms with van der Waals surface area (Å²) in [6.45, 7) is 0.475. The normalized spacial score (nSPS) is 11.0. The first kappa shape index (κ1) is 8.96. The van der Waals surface area contributed by atoms with Crippen LogP contribution in [0.3, 0.4) is 0 Å². The maximum absolute atomic E-state index is 5.66. The van der Waals surface area contributed by atoms with Gasteiger partial charge in [0.25, 0.3) is 0 Å². The van der Waals surface area contributed by atoms with E-state index >= 15 is 0 Å². The molecule has 2 heterocycles. The predicted octanol–water partition coefficient (Wildman–Crippen LogP) is 0.697. The highest BCUT2D eigenvalue weighted by Gasteiger charge is 2.09. The van der Waals surface area contributed by atoms with Crippen LogP contribution in [0.25, 0.3) is 11.0 Å². The Kier molecular flexibility index (Phi) is 2.09. The van der Waals surface area contributed by atoms with Crippen LogP contribution < -0.4 is 5.73 Å². The van der Waals surface area contributed by atoms with Crippen LogP contribution in [0, 0.1) is 0 Å². The Morgan fingerprint density at radius 2 is 2.36 bits per heavy atom. The van der Waals surface area contributed by atoms with Crippen molar-refractivity contribution in [2.75, 3.05) is 12.8 Å². The van der Waals surface area contributed by atoms with Gasteiger partial charge in [-0.05, 0) is 6.07 Å². The van der Waals surface area contributed by atoms with Gasteiger partial charge in [-0.3, -0.25) is 4.68 Å². The third kappa shape index (κ3) is 1.31. The zero-order chi connectivity index (χ0) is 10.1. The number of aromatic nitrogens is 3. The topological polar surface area (TPSA) is 66.0 Å². The van der Waals surface area contributed by atoms with E-state index in [4.69, 9.17) is 10.5 Å². The summed E-state index contributed by atoms with van der Waals surface area (Å²) >= 11 is 0. The van der Waals surface area contributed by atoms with E-state index in [1.54, 1.807) is 18.0 Å². The van der Waals surface area contributed by atoms with E-state index in [9.17, 15) is 0 Å². The fourth-order valence-electron chi connectivity index (χ4n) is 1.47. The van der Waals surface area contributed by atoms with Gasteiger partial charge in [-0.15, -0.1) is 0 Å². The summed E-state index contributed by atoms with van der Waals surface area (Å²) in [5.74, 6) is 0. The molecule has 0 aliphatic heterocycles. The molecule has 2 aromatic heterocycles. The van der Waals surface area contributed by atoms with Gasteiger partial charge in [-0.2, -0.15) is 5.10 Å². The molecule has 2 aromatic rings. The SMILES string of the molecule is COCc1nn(C)c2ncc(N)cc12. The summed E-state index contributed by atoms with van der Waals surface area (Å²) in [5.41, 5.74) is 7.99. The van der Waals surface area contributed by atoms with E-state index in [2.05, 4.69) is 10.1 Å². The lowest BCUT2D eigenvalue weighted by molar-refractivity contribution is 0.182. The number of anilines is 1. The van der Waals surface area contributed by atoms with E-state index in [1.807, 2.05) is 13.1 Å². The minimum absolute atomic E-state index is 0.475. The molecule has 5 nitrogen and oxygen atoms in total. The van der Waals surface area contributed by atoms with Crippen molar-refractivity contribution in [1.29, 1.82) is 0 Å². The second-order valence-electron chi connectivity index (χ2n) is 3.14. The summed E-state index contributed by atoms with van der Waals surface area (Å²) in [6.07, 6.45) is 1.63. The van der Waals surface area contributed by atoms with Crippen LogP contribution in [0.5, 0.6) is 0 Å². The lowest BCUT2D eigenvalue weighted by atomic mass is 10.2. The summed E-state index contributed by atoms with van der Waals surface area (Å²) in [6, 6.07) is 1.86. The number of methoxy groups -OCH3 is 1. The van der Waals surface area contributed by atoms with Gasteiger partial charge in [-0.1, -0.05) is 0 Å². The number of hydrogen-bond donors (Lipinski definition) is 1. The Bertz CT molecular complexity index is 463. The highest BCUT2D eigenvalue weighted by Crippen LogP contribution is 2.18. The van der Waals surface area contributed by atoms with E-state index in [1.165, 1.54) is 0 Å². The van der Waals surface area contributed by atoms with Crippen molar-refractivity contribution in [2.45, 2.75) is 6.61 Å². The lowest BCUT2D eigenvalue weighted by Crippen LogP contribution is -1.93. The standard InChI is InChI=1S/C9H12N4O/c1-13-9-7(3-6(10)4-11-9)8(12-13)5-14-2/h3-4H,5,10H2,1-2H3. The van der Waals surface area contributed by atoms with Gasteiger partial charge in [0.1, 0.15) is 0 Å². The molecule has 0 radical (unpaired) electrons. The average molecular weight is 192 g/mol. The van der Waals surface area contributed by atoms with Gasteiger partial charge < -0.3 is 10.5 Å². The molecular formula is C9H12N4O. The highest BCUT2D eigenvalue weighted by atomic mass is 16.5. The molecule has 0 saturated carbocycles. The number of nitrogens with two attached hydrogens (primary N) is 1. The summed E-state index contributed by atoms with van der Waals surface area (Å²) in [5, 5.41) is 5.25. The van der Waals surface area contributed by atoms with Crippen molar-refractivity contribution < 1.29 is 4.74 Å². The third-order valence-electron chi connectivity index (χ3n) is 2.06. The molecule has 0 aliphatic rings. The number of aryl methyl sites for hydroxylation is 1. The Hall–Kier alpha value is -1.62. The van der Waals surface area contributed by atoms with Gasteiger partial charge in [0, 0.05) is 19.5 Å². The first-order chi connectivity index (χ1) is 6.72. The number of nitrogen functional groups attached to an aromatic ring is 1. The van der Waals surface area contributed by atoms with Gasteiger partial charge in [0.05, 0.1) is 24.2 Å². The van der Waals surface area contributed by atoms with Gasteiger partial charge >= 0.3 is 0 Å². The minimum Gasteiger partial charge on any atom is -0.397 e. The van der Waals surface area contributed by atoms with E-state index < -0.39 is 0 Å². The zero-order valence-corrected chi connectivity index (χ0v) is 8.19. The molecular weight excluding hydrogens is 180 g/mol. The van der Waals surface area contributed by atoms with E-state index in [0.717, 1.165) is 16.7 Å². The van der Waals surface area contributed by atoms with Gasteiger partial charge in [0.2, 0.25) is 0 Å².